The normalized spacial score (nSPS) is 13.1. The van der Waals surface area contributed by atoms with E-state index in [0.717, 1.165) is 103 Å². The molecule has 0 spiro atoms. The molecule has 5 nitrogen and oxygen atoms in total. The molecular formula is C59H98O5. The zero-order valence-corrected chi connectivity index (χ0v) is 41.5. The van der Waals surface area contributed by atoms with Crippen LogP contribution in [0.2, 0.25) is 0 Å². The molecule has 1 N–H and O–H groups in total. The Kier molecular flexibility index (Phi) is 51.0. The maximum absolute atomic E-state index is 12.3. The van der Waals surface area contributed by atoms with Gasteiger partial charge < -0.3 is 14.6 Å². The summed E-state index contributed by atoms with van der Waals surface area (Å²) in [5.41, 5.74) is 0. The van der Waals surface area contributed by atoms with Gasteiger partial charge in [-0.05, 0) is 103 Å². The minimum Gasteiger partial charge on any atom is -0.462 e. The van der Waals surface area contributed by atoms with Crippen LogP contribution in [0.25, 0.3) is 0 Å². The standard InChI is InChI=1S/C59H98O5/c1-3-5-7-9-11-13-15-17-19-21-23-25-26-27-28-29-30-31-32-34-36-38-40-42-44-46-48-50-52-54-59(62)64-57(55-60)56-63-58(61)53-51-49-47-45-43-41-39-37-35-33-24-22-20-18-16-14-12-10-8-6-4-2/h5,7,11,13,17,19,22-25,27-28,30-31,34,36,40,42,57,60H,3-4,6,8-10,12,14-16,18,20-21,26,29,32-33,35,37-39,41,43-56H2,1-2H3/b7-5-,13-11-,19-17-,24-22-,25-23-,28-27-,31-30-,36-34-,42-40-. The summed E-state index contributed by atoms with van der Waals surface area (Å²) in [5.74, 6) is -0.626. The summed E-state index contributed by atoms with van der Waals surface area (Å²) >= 11 is 0. The molecule has 0 bridgehead atoms. The van der Waals surface area contributed by atoms with E-state index in [1.165, 1.54) is 103 Å². The van der Waals surface area contributed by atoms with Crippen molar-refractivity contribution in [1.82, 2.24) is 0 Å². The maximum atomic E-state index is 12.3. The molecule has 0 saturated carbocycles. The molecule has 0 heterocycles. The summed E-state index contributed by atoms with van der Waals surface area (Å²) in [6, 6.07) is 0. The predicted molar refractivity (Wildman–Crippen MR) is 279 cm³/mol. The molecule has 0 amide bonds. The highest BCUT2D eigenvalue weighted by atomic mass is 16.6. The van der Waals surface area contributed by atoms with Gasteiger partial charge in [-0.15, -0.1) is 0 Å². The van der Waals surface area contributed by atoms with E-state index in [2.05, 4.69) is 123 Å². The largest absolute Gasteiger partial charge is 0.462 e. The van der Waals surface area contributed by atoms with Gasteiger partial charge in [0.15, 0.2) is 6.10 Å². The average Bonchev–Trinajstić information content (AvgIpc) is 3.30. The van der Waals surface area contributed by atoms with Crippen LogP contribution in [-0.2, 0) is 19.1 Å². The average molecular weight is 887 g/mol. The molecule has 0 aliphatic heterocycles. The van der Waals surface area contributed by atoms with Gasteiger partial charge in [0.2, 0.25) is 0 Å². The van der Waals surface area contributed by atoms with E-state index >= 15 is 0 Å². The second-order valence-corrected chi connectivity index (χ2v) is 17.2. The van der Waals surface area contributed by atoms with Gasteiger partial charge in [-0.3, -0.25) is 9.59 Å². The summed E-state index contributed by atoms with van der Waals surface area (Å²) < 4.78 is 10.7. The van der Waals surface area contributed by atoms with Crippen molar-refractivity contribution in [3.8, 4) is 0 Å². The van der Waals surface area contributed by atoms with Crippen molar-refractivity contribution in [3.63, 3.8) is 0 Å². The van der Waals surface area contributed by atoms with Crippen LogP contribution in [0.3, 0.4) is 0 Å². The monoisotopic (exact) mass is 887 g/mol. The van der Waals surface area contributed by atoms with Crippen molar-refractivity contribution < 1.29 is 24.2 Å². The number of hydrogen-bond acceptors (Lipinski definition) is 5. The second-order valence-electron chi connectivity index (χ2n) is 17.2. The number of hydrogen-bond donors (Lipinski definition) is 1. The van der Waals surface area contributed by atoms with Crippen molar-refractivity contribution in [2.24, 2.45) is 0 Å². The molecule has 0 aromatic carbocycles. The number of aliphatic hydroxyl groups is 1. The molecule has 0 aliphatic carbocycles. The van der Waals surface area contributed by atoms with E-state index in [1.807, 2.05) is 0 Å². The first kappa shape index (κ1) is 60.6. The van der Waals surface area contributed by atoms with Gasteiger partial charge in [0, 0.05) is 12.8 Å². The molecule has 1 atom stereocenters. The zero-order valence-electron chi connectivity index (χ0n) is 41.5. The second kappa shape index (κ2) is 53.9. The van der Waals surface area contributed by atoms with Crippen LogP contribution in [-0.4, -0.2) is 36.4 Å². The van der Waals surface area contributed by atoms with Gasteiger partial charge in [-0.1, -0.05) is 226 Å². The fourth-order valence-corrected chi connectivity index (χ4v) is 7.09. The van der Waals surface area contributed by atoms with Crippen LogP contribution in [0.15, 0.2) is 109 Å². The molecule has 0 aromatic heterocycles. The minimum absolute atomic E-state index is 0.0832. The Morgan fingerprint density at radius 3 is 1.03 bits per heavy atom. The molecule has 0 saturated heterocycles. The molecule has 0 fully saturated rings. The smallest absolute Gasteiger partial charge is 0.306 e. The quantitative estimate of drug-likeness (QED) is 0.0374. The number of carbonyl (C=O) groups is 2. The summed E-state index contributed by atoms with van der Waals surface area (Å²) in [4.78, 5) is 24.5. The van der Waals surface area contributed by atoms with Crippen LogP contribution >= 0.6 is 0 Å². The lowest BCUT2D eigenvalue weighted by Crippen LogP contribution is -2.28. The molecule has 0 radical (unpaired) electrons. The van der Waals surface area contributed by atoms with E-state index in [4.69, 9.17) is 9.47 Å². The molecule has 5 heteroatoms. The molecule has 0 aromatic rings. The first-order chi connectivity index (χ1) is 31.6. The van der Waals surface area contributed by atoms with Gasteiger partial charge in [0.05, 0.1) is 6.61 Å². The van der Waals surface area contributed by atoms with Crippen LogP contribution < -0.4 is 0 Å². The van der Waals surface area contributed by atoms with Crippen molar-refractivity contribution >= 4 is 11.9 Å². The minimum atomic E-state index is -0.794. The van der Waals surface area contributed by atoms with Crippen molar-refractivity contribution in [2.45, 2.75) is 238 Å². The number of ether oxygens (including phenoxy) is 2. The Morgan fingerprint density at radius 2 is 0.672 bits per heavy atom. The van der Waals surface area contributed by atoms with Gasteiger partial charge in [0.1, 0.15) is 6.61 Å². The lowest BCUT2D eigenvalue weighted by Gasteiger charge is -2.15. The summed E-state index contributed by atoms with van der Waals surface area (Å²) in [5, 5.41) is 9.63. The van der Waals surface area contributed by atoms with Crippen molar-refractivity contribution in [3.05, 3.63) is 109 Å². The number of rotatable bonds is 47. The van der Waals surface area contributed by atoms with Gasteiger partial charge in [0.25, 0.3) is 0 Å². The summed E-state index contributed by atoms with van der Waals surface area (Å²) in [6.07, 6.45) is 77.5. The Morgan fingerprint density at radius 1 is 0.375 bits per heavy atom. The Hall–Kier alpha value is -3.44. The van der Waals surface area contributed by atoms with Crippen LogP contribution in [0.4, 0.5) is 0 Å². The first-order valence-corrected chi connectivity index (χ1v) is 26.4. The molecule has 1 unspecified atom stereocenters. The van der Waals surface area contributed by atoms with Crippen LogP contribution in [0, 0.1) is 0 Å². The highest BCUT2D eigenvalue weighted by Crippen LogP contribution is 2.14. The van der Waals surface area contributed by atoms with Crippen LogP contribution in [0.5, 0.6) is 0 Å². The highest BCUT2D eigenvalue weighted by molar-refractivity contribution is 5.70. The fraction of sp³-hybridized carbons (Fsp3) is 0.661. The molecule has 0 rings (SSSR count). The number of allylic oxidation sites excluding steroid dienone is 18. The Labute approximate surface area is 395 Å². The SMILES string of the molecule is CC/C=C\C/C=C\C/C=C\C/C=C\C/C=C\C/C=C\C/C=C\C/C=C\CCCCCCC(=O)OC(CO)COC(=O)CCCCCCCCCCC/C=C\CCCCCCCCCC. The topological polar surface area (TPSA) is 72.8 Å². The molecular weight excluding hydrogens is 789 g/mol. The van der Waals surface area contributed by atoms with E-state index in [9.17, 15) is 14.7 Å². The van der Waals surface area contributed by atoms with Gasteiger partial charge in [-0.2, -0.15) is 0 Å². The van der Waals surface area contributed by atoms with E-state index in [0.29, 0.717) is 12.8 Å². The van der Waals surface area contributed by atoms with E-state index in [1.54, 1.807) is 0 Å². The van der Waals surface area contributed by atoms with Crippen LogP contribution in [0.1, 0.15) is 232 Å². The third kappa shape index (κ3) is 51.2. The highest BCUT2D eigenvalue weighted by Gasteiger charge is 2.16. The fourth-order valence-electron chi connectivity index (χ4n) is 7.09. The number of esters is 2. The third-order valence-electron chi connectivity index (χ3n) is 11.1. The summed E-state index contributed by atoms with van der Waals surface area (Å²) in [7, 11) is 0. The number of carbonyl (C=O) groups excluding carboxylic acids is 2. The van der Waals surface area contributed by atoms with E-state index < -0.39 is 6.10 Å². The molecule has 64 heavy (non-hydrogen) atoms. The molecule has 0 aliphatic rings. The first-order valence-electron chi connectivity index (χ1n) is 26.4. The lowest BCUT2D eigenvalue weighted by atomic mass is 10.1. The van der Waals surface area contributed by atoms with Crippen molar-refractivity contribution in [1.29, 1.82) is 0 Å². The van der Waals surface area contributed by atoms with Gasteiger partial charge in [-0.25, -0.2) is 0 Å². The Balaban J connectivity index is 3.63. The molecule has 364 valence electrons. The summed E-state index contributed by atoms with van der Waals surface area (Å²) in [6.45, 7) is 4.01. The predicted octanol–water partition coefficient (Wildman–Crippen LogP) is 17.7. The third-order valence-corrected chi connectivity index (χ3v) is 11.1. The van der Waals surface area contributed by atoms with Crippen molar-refractivity contribution in [2.75, 3.05) is 13.2 Å². The van der Waals surface area contributed by atoms with E-state index in [-0.39, 0.29) is 25.2 Å². The zero-order chi connectivity index (χ0) is 46.3. The Bertz CT molecular complexity index is 1280. The lowest BCUT2D eigenvalue weighted by molar-refractivity contribution is -0.161. The number of aliphatic hydroxyl groups excluding tert-OH is 1. The maximum Gasteiger partial charge on any atom is 0.306 e. The number of unbranched alkanes of at least 4 members (excludes halogenated alkanes) is 21. The van der Waals surface area contributed by atoms with Gasteiger partial charge >= 0.3 is 11.9 Å².